The second-order valence-electron chi connectivity index (χ2n) is 3.31. The molecule has 0 spiro atoms. The molecule has 2 amide bonds. The Bertz CT molecular complexity index is 454. The molecule has 2 N–H and O–H groups in total. The summed E-state index contributed by atoms with van der Waals surface area (Å²) in [5.41, 5.74) is 0.604. The quantitative estimate of drug-likeness (QED) is 0.806. The van der Waals surface area contributed by atoms with E-state index in [1.54, 1.807) is 25.3 Å². The Labute approximate surface area is 118 Å². The van der Waals surface area contributed by atoms with Crippen LogP contribution in [0.3, 0.4) is 0 Å². The molecule has 0 saturated heterocycles. The van der Waals surface area contributed by atoms with E-state index in [0.29, 0.717) is 11.4 Å². The van der Waals surface area contributed by atoms with Crippen molar-refractivity contribution < 1.29 is 14.3 Å². The van der Waals surface area contributed by atoms with Crippen LogP contribution in [0.25, 0.3) is 0 Å². The van der Waals surface area contributed by atoms with Gasteiger partial charge in [0.1, 0.15) is 11.6 Å². The van der Waals surface area contributed by atoms with Crippen molar-refractivity contribution >= 4 is 45.0 Å². The fraction of sp³-hybridized carbons (Fsp3) is 0.273. The lowest BCUT2D eigenvalue weighted by Gasteiger charge is -2.08. The molecule has 1 aromatic rings. The third-order valence-electron chi connectivity index (χ3n) is 2.00. The Balaban J connectivity index is 2.54. The number of carbonyl (C=O) groups excluding carboxylic acids is 2. The van der Waals surface area contributed by atoms with Crippen molar-refractivity contribution in [2.75, 3.05) is 24.9 Å². The summed E-state index contributed by atoms with van der Waals surface area (Å²) in [5.74, 6) is -0.210. The molecule has 0 aromatic heterocycles. The van der Waals surface area contributed by atoms with Crippen molar-refractivity contribution in [3.63, 3.8) is 0 Å². The first-order valence-electron chi connectivity index (χ1n) is 5.03. The van der Waals surface area contributed by atoms with Crippen LogP contribution in [0, 0.1) is 0 Å². The molecule has 98 valence electrons. The molecule has 0 radical (unpaired) electrons. The summed E-state index contributed by atoms with van der Waals surface area (Å²) >= 11 is 8.59. The first-order valence-corrected chi connectivity index (χ1v) is 6.35. The van der Waals surface area contributed by atoms with Crippen molar-refractivity contribution in [1.82, 2.24) is 5.32 Å². The Hall–Kier alpha value is -1.27. The first kappa shape index (κ1) is 14.8. The van der Waals surface area contributed by atoms with Crippen LogP contribution < -0.4 is 15.4 Å². The number of ether oxygens (including phenoxy) is 1. The average molecular weight is 336 g/mol. The van der Waals surface area contributed by atoms with Gasteiger partial charge in [-0.25, -0.2) is 0 Å². The highest BCUT2D eigenvalue weighted by Gasteiger charge is 2.06. The van der Waals surface area contributed by atoms with E-state index in [2.05, 4.69) is 26.6 Å². The molecule has 0 fully saturated rings. The van der Waals surface area contributed by atoms with Gasteiger partial charge in [-0.2, -0.15) is 0 Å². The van der Waals surface area contributed by atoms with Gasteiger partial charge in [-0.05, 0) is 34.1 Å². The van der Waals surface area contributed by atoms with Crippen molar-refractivity contribution in [3.8, 4) is 5.75 Å². The molecule has 0 bridgehead atoms. The Kier molecular flexibility index (Phi) is 5.94. The fourth-order valence-electron chi connectivity index (χ4n) is 1.18. The number of halogens is 2. The van der Waals surface area contributed by atoms with Gasteiger partial charge in [-0.3, -0.25) is 9.59 Å². The third kappa shape index (κ3) is 4.54. The Morgan fingerprint density at radius 1 is 1.39 bits per heavy atom. The Morgan fingerprint density at radius 2 is 2.11 bits per heavy atom. The summed E-state index contributed by atoms with van der Waals surface area (Å²) in [5, 5.41) is 5.00. The zero-order valence-corrected chi connectivity index (χ0v) is 12.0. The molecule has 0 aliphatic rings. The maximum atomic E-state index is 11.5. The molecule has 0 atom stereocenters. The zero-order chi connectivity index (χ0) is 13.5. The molecule has 7 heteroatoms. The normalized spacial score (nSPS) is 9.72. The largest absolute Gasteiger partial charge is 0.496 e. The second-order valence-corrected chi connectivity index (χ2v) is 4.43. The van der Waals surface area contributed by atoms with Gasteiger partial charge in [0.15, 0.2) is 0 Å². The van der Waals surface area contributed by atoms with E-state index in [-0.39, 0.29) is 24.2 Å². The number of nitrogens with one attached hydrogen (secondary N) is 2. The molecule has 1 rings (SSSR count). The number of anilines is 1. The summed E-state index contributed by atoms with van der Waals surface area (Å²) in [6.45, 7) is -0.116. The summed E-state index contributed by atoms with van der Waals surface area (Å²) in [6, 6.07) is 5.13. The van der Waals surface area contributed by atoms with Crippen LogP contribution in [0.1, 0.15) is 0 Å². The van der Waals surface area contributed by atoms with Crippen LogP contribution in [-0.2, 0) is 9.59 Å². The van der Waals surface area contributed by atoms with Gasteiger partial charge in [0.05, 0.1) is 18.1 Å². The third-order valence-corrected chi connectivity index (χ3v) is 2.87. The number of alkyl halides is 1. The van der Waals surface area contributed by atoms with Crippen LogP contribution in [0.5, 0.6) is 5.75 Å². The van der Waals surface area contributed by atoms with E-state index >= 15 is 0 Å². The molecular formula is C11H12BrClN2O3. The monoisotopic (exact) mass is 334 g/mol. The maximum Gasteiger partial charge on any atom is 0.243 e. The van der Waals surface area contributed by atoms with Crippen LogP contribution in [-0.4, -0.2) is 31.3 Å². The van der Waals surface area contributed by atoms with Gasteiger partial charge in [0, 0.05) is 5.69 Å². The predicted octanol–water partition coefficient (Wildman–Crippen LogP) is 1.75. The average Bonchev–Trinajstić information content (AvgIpc) is 2.36. The van der Waals surface area contributed by atoms with Crippen molar-refractivity contribution in [3.05, 3.63) is 22.7 Å². The van der Waals surface area contributed by atoms with Crippen molar-refractivity contribution in [1.29, 1.82) is 0 Å². The van der Waals surface area contributed by atoms with E-state index in [0.717, 1.165) is 4.47 Å². The van der Waals surface area contributed by atoms with Crippen LogP contribution in [0.15, 0.2) is 22.7 Å². The molecule has 0 saturated carbocycles. The maximum absolute atomic E-state index is 11.5. The SMILES string of the molecule is COc1ccc(NC(=O)CNC(=O)CCl)cc1Br. The van der Waals surface area contributed by atoms with Gasteiger partial charge >= 0.3 is 0 Å². The number of carbonyl (C=O) groups is 2. The van der Waals surface area contributed by atoms with E-state index in [9.17, 15) is 9.59 Å². The predicted molar refractivity (Wildman–Crippen MR) is 73.1 cm³/mol. The summed E-state index contributed by atoms with van der Waals surface area (Å²) in [4.78, 5) is 22.3. The number of benzene rings is 1. The number of hydrogen-bond donors (Lipinski definition) is 2. The standard InChI is InChI=1S/C11H12BrClN2O3/c1-18-9-3-2-7(4-8(9)12)15-11(17)6-14-10(16)5-13/h2-4H,5-6H2,1H3,(H,14,16)(H,15,17). The second kappa shape index (κ2) is 7.23. The number of methoxy groups -OCH3 is 1. The van der Waals surface area contributed by atoms with Gasteiger partial charge in [-0.1, -0.05) is 0 Å². The molecule has 18 heavy (non-hydrogen) atoms. The van der Waals surface area contributed by atoms with Gasteiger partial charge in [-0.15, -0.1) is 11.6 Å². The van der Waals surface area contributed by atoms with Crippen molar-refractivity contribution in [2.24, 2.45) is 0 Å². The van der Waals surface area contributed by atoms with Crippen LogP contribution in [0.2, 0.25) is 0 Å². The molecule has 0 heterocycles. The number of rotatable bonds is 5. The summed E-state index contributed by atoms with van der Waals surface area (Å²) in [7, 11) is 1.56. The number of hydrogen-bond acceptors (Lipinski definition) is 3. The number of amides is 2. The highest BCUT2D eigenvalue weighted by atomic mass is 79.9. The minimum atomic E-state index is -0.386. The topological polar surface area (TPSA) is 67.4 Å². The minimum absolute atomic E-state index is 0.116. The van der Waals surface area contributed by atoms with Crippen LogP contribution in [0.4, 0.5) is 5.69 Å². The fourth-order valence-corrected chi connectivity index (χ4v) is 1.81. The smallest absolute Gasteiger partial charge is 0.243 e. The van der Waals surface area contributed by atoms with Crippen LogP contribution >= 0.6 is 27.5 Å². The highest BCUT2D eigenvalue weighted by Crippen LogP contribution is 2.27. The van der Waals surface area contributed by atoms with E-state index < -0.39 is 0 Å². The molecule has 1 aromatic carbocycles. The van der Waals surface area contributed by atoms with E-state index in [1.165, 1.54) is 0 Å². The highest BCUT2D eigenvalue weighted by molar-refractivity contribution is 9.10. The Morgan fingerprint density at radius 3 is 2.67 bits per heavy atom. The summed E-state index contributed by atoms with van der Waals surface area (Å²) in [6.07, 6.45) is 0. The lowest BCUT2D eigenvalue weighted by molar-refractivity contribution is -0.122. The van der Waals surface area contributed by atoms with Crippen molar-refractivity contribution in [2.45, 2.75) is 0 Å². The lowest BCUT2D eigenvalue weighted by atomic mass is 10.3. The minimum Gasteiger partial charge on any atom is -0.496 e. The first-order chi connectivity index (χ1) is 8.56. The van der Waals surface area contributed by atoms with E-state index in [1.807, 2.05) is 0 Å². The summed E-state index contributed by atoms with van der Waals surface area (Å²) < 4.78 is 5.80. The molecule has 5 nitrogen and oxygen atoms in total. The van der Waals surface area contributed by atoms with Gasteiger partial charge < -0.3 is 15.4 Å². The zero-order valence-electron chi connectivity index (χ0n) is 9.63. The molecular weight excluding hydrogens is 323 g/mol. The molecule has 0 aliphatic heterocycles. The van der Waals surface area contributed by atoms with E-state index in [4.69, 9.17) is 16.3 Å². The van der Waals surface area contributed by atoms with Gasteiger partial charge in [0.25, 0.3) is 0 Å². The molecule has 0 unspecified atom stereocenters. The molecule has 0 aliphatic carbocycles. The van der Waals surface area contributed by atoms with Gasteiger partial charge in [0.2, 0.25) is 11.8 Å². The lowest BCUT2D eigenvalue weighted by Crippen LogP contribution is -2.33.